The average molecular weight is 995 g/mol. The first-order chi connectivity index (χ1) is 32.1. The molecule has 0 radical (unpaired) electrons. The Balaban J connectivity index is 1.30. The van der Waals surface area contributed by atoms with Crippen molar-refractivity contribution < 1.29 is 53.1 Å². The zero-order valence-electron chi connectivity index (χ0n) is 35.7. The number of nitrogens with one attached hydrogen (secondary N) is 1. The fraction of sp³-hybridized carbons (Fsp3) is 0.442. The average Bonchev–Trinajstić information content (AvgIpc) is 4.17. The van der Waals surface area contributed by atoms with E-state index in [0.717, 1.165) is 16.7 Å². The van der Waals surface area contributed by atoms with Crippen LogP contribution in [0, 0.1) is 17.6 Å². The van der Waals surface area contributed by atoms with E-state index < -0.39 is 123 Å². The van der Waals surface area contributed by atoms with Gasteiger partial charge in [0.05, 0.1) is 50.4 Å². The predicted octanol–water partition coefficient (Wildman–Crippen LogP) is 7.24. The lowest BCUT2D eigenvalue weighted by molar-refractivity contribution is -0.122. The number of pyridine rings is 1. The fourth-order valence-corrected chi connectivity index (χ4v) is 11.5. The molecule has 3 aliphatic carbocycles. The summed E-state index contributed by atoms with van der Waals surface area (Å²) in [6.07, 6.45) is -7.46. The minimum absolute atomic E-state index is 0.156. The number of hydrogen-bond acceptors (Lipinski definition) is 10. The number of carbonyl (C=O) groups excluding carboxylic acids is 1. The first-order valence-corrected chi connectivity index (χ1v) is 23.4. The Morgan fingerprint density at radius 2 is 1.69 bits per heavy atom. The van der Waals surface area contributed by atoms with E-state index in [1.54, 1.807) is 0 Å². The molecule has 360 valence electrons. The van der Waals surface area contributed by atoms with E-state index in [-0.39, 0.29) is 62.7 Å². The second-order valence-corrected chi connectivity index (χ2v) is 20.1. The summed E-state index contributed by atoms with van der Waals surface area (Å²) in [4.78, 5) is 40.9. The van der Waals surface area contributed by atoms with Gasteiger partial charge in [-0.2, -0.15) is 19.0 Å². The van der Waals surface area contributed by atoms with E-state index in [1.807, 2.05) is 18.7 Å². The van der Waals surface area contributed by atoms with E-state index in [1.165, 1.54) is 24.3 Å². The Morgan fingerprint density at radius 3 is 2.32 bits per heavy atom. The quantitative estimate of drug-likeness (QED) is 0.106. The number of benzene rings is 2. The third kappa shape index (κ3) is 7.80. The molecule has 15 nitrogen and oxygen atoms in total. The van der Waals surface area contributed by atoms with Crippen molar-refractivity contribution >= 4 is 61.1 Å². The van der Waals surface area contributed by atoms with Crippen LogP contribution in [0.2, 0.25) is 5.02 Å². The van der Waals surface area contributed by atoms with Gasteiger partial charge in [-0.25, -0.2) is 49.4 Å². The van der Waals surface area contributed by atoms with Crippen LogP contribution in [-0.4, -0.2) is 85.4 Å². The molecule has 6 aromatic rings. The van der Waals surface area contributed by atoms with Crippen molar-refractivity contribution in [2.75, 3.05) is 22.7 Å². The highest BCUT2D eigenvalue weighted by atomic mass is 35.5. The minimum atomic E-state index is -4.14. The third-order valence-corrected chi connectivity index (χ3v) is 15.0. The maximum Gasteiger partial charge on any atom is 0.293 e. The number of nitrogens with two attached hydrogens (primary N) is 1. The predicted molar refractivity (Wildman–Crippen MR) is 230 cm³/mol. The number of amides is 1. The number of halogens is 9. The van der Waals surface area contributed by atoms with Gasteiger partial charge in [-0.3, -0.25) is 23.6 Å². The Bertz CT molecular complexity index is 3210. The highest BCUT2D eigenvalue weighted by Gasteiger charge is 2.68. The second-order valence-electron chi connectivity index (χ2n) is 17.8. The Kier molecular flexibility index (Phi) is 11.1. The maximum absolute atomic E-state index is 16.4. The lowest BCUT2D eigenvalue weighted by atomic mass is 9.89. The molecule has 3 fully saturated rings. The van der Waals surface area contributed by atoms with Gasteiger partial charge in [0.2, 0.25) is 15.9 Å². The highest BCUT2D eigenvalue weighted by Crippen LogP contribution is 2.68. The molecular weight excluding hydrogens is 956 g/mol. The lowest BCUT2D eigenvalue weighted by Gasteiger charge is -2.36. The first kappa shape index (κ1) is 45.9. The molecule has 2 saturated carbocycles. The van der Waals surface area contributed by atoms with Gasteiger partial charge in [0.15, 0.2) is 11.5 Å². The molecule has 0 bridgehead atoms. The van der Waals surface area contributed by atoms with E-state index in [2.05, 4.69) is 14.9 Å². The smallest absolute Gasteiger partial charge is 0.293 e. The molecule has 1 saturated heterocycles. The number of aromatic nitrogens is 7. The molecule has 0 spiro atoms. The summed E-state index contributed by atoms with van der Waals surface area (Å²) in [7, 11) is -4.14. The van der Waals surface area contributed by atoms with Crippen molar-refractivity contribution in [2.24, 2.45) is 11.7 Å². The molecule has 1 aliphatic heterocycles. The molecule has 2 aromatic carbocycles. The monoisotopic (exact) mass is 994 g/mol. The molecule has 6 atom stereocenters. The molecule has 4 aromatic heterocycles. The van der Waals surface area contributed by atoms with E-state index in [4.69, 9.17) is 32.0 Å². The zero-order chi connectivity index (χ0) is 48.5. The van der Waals surface area contributed by atoms with Crippen LogP contribution in [0.1, 0.15) is 85.8 Å². The van der Waals surface area contributed by atoms with E-state index >= 15 is 22.4 Å². The summed E-state index contributed by atoms with van der Waals surface area (Å²) in [5.74, 6) is -12.8. The first-order valence-electron chi connectivity index (χ1n) is 21.5. The summed E-state index contributed by atoms with van der Waals surface area (Å²) < 4.78 is 158. The molecule has 1 unspecified atom stereocenters. The van der Waals surface area contributed by atoms with Crippen LogP contribution in [0.25, 0.3) is 27.6 Å². The van der Waals surface area contributed by atoms with Gasteiger partial charge in [0, 0.05) is 30.6 Å². The number of sulfonamides is 1. The molecule has 25 heteroatoms. The lowest BCUT2D eigenvalue weighted by Crippen LogP contribution is -2.45. The number of morpholine rings is 1. The van der Waals surface area contributed by atoms with Gasteiger partial charge in [0.25, 0.3) is 24.3 Å². The van der Waals surface area contributed by atoms with Gasteiger partial charge in [-0.1, -0.05) is 11.6 Å². The molecule has 3 N–H and O–H groups in total. The normalized spacial score (nSPS) is 22.0. The van der Waals surface area contributed by atoms with Gasteiger partial charge < -0.3 is 15.4 Å². The van der Waals surface area contributed by atoms with Crippen LogP contribution in [0.15, 0.2) is 47.3 Å². The molecule has 10 rings (SSSR count). The molecule has 68 heavy (non-hydrogen) atoms. The van der Waals surface area contributed by atoms with Crippen molar-refractivity contribution in [1.82, 2.24) is 34.1 Å². The van der Waals surface area contributed by atoms with Gasteiger partial charge in [-0.15, -0.1) is 0 Å². The largest absolute Gasteiger partial charge is 0.372 e. The maximum atomic E-state index is 16.4. The molecule has 4 aliphatic rings. The number of anilines is 2. The summed E-state index contributed by atoms with van der Waals surface area (Å²) in [5.41, 5.74) is 1.13. The van der Waals surface area contributed by atoms with E-state index in [9.17, 15) is 30.8 Å². The Morgan fingerprint density at radius 1 is 1.00 bits per heavy atom. The molecule has 1 amide bonds. The van der Waals surface area contributed by atoms with Crippen molar-refractivity contribution in [2.45, 2.75) is 100 Å². The van der Waals surface area contributed by atoms with Crippen LogP contribution in [0.5, 0.6) is 0 Å². The number of rotatable bonds is 14. The number of ether oxygens (including phenoxy) is 1. The number of fused-ring (bicyclic) bond motifs is 5. The van der Waals surface area contributed by atoms with Crippen molar-refractivity contribution in [3.63, 3.8) is 0 Å². The standard InChI is InChI=1S/C43H39ClF8N10O5S/c1-17-14-59(15-18(2)67-17)30-8-5-23-39(54-30)55-41(61(42(23)64)28-7-6-27(44)32-35(28)60(16-29(47)48)57-40(32)58-68(65,66)22-3-4-22)25(11-19-9-20(45)12-21(46)10-19)34(38(53)63)62-36-31(33(56-62)37(49)50)24-13-26(24)43(36,51)52/h5-10,12,17-18,22,24-26,29,34,37H,3-4,11,13-16H2,1-2H3,(H2,53,63)(H,57,58)/t17-,18+,24-,25-,26+,34?/m0/s1. The van der Waals surface area contributed by atoms with Crippen LogP contribution in [0.3, 0.4) is 0 Å². The Labute approximate surface area is 385 Å². The highest BCUT2D eigenvalue weighted by molar-refractivity contribution is 7.93. The van der Waals surface area contributed by atoms with Crippen LogP contribution >= 0.6 is 11.6 Å². The topological polar surface area (TPSA) is 185 Å². The minimum Gasteiger partial charge on any atom is -0.372 e. The van der Waals surface area contributed by atoms with Crippen molar-refractivity contribution in [3.05, 3.63) is 97.8 Å². The molecule has 5 heterocycles. The second kappa shape index (κ2) is 16.4. The summed E-state index contributed by atoms with van der Waals surface area (Å²) in [6.45, 7) is 3.12. The SMILES string of the molecule is C[C@@H]1CN(c2ccc3c(=O)n(-c4ccc(Cl)c5c(NS(=O)(=O)C6CC6)nn(CC(F)F)c45)c([C@@H](Cc4cc(F)cc(F)c4)C(C(N)=O)n4nc(C(F)F)c5c4C(F)(F)[C@@H]4C[C@H]54)nc3n2)C[C@H](C)O1. The van der Waals surface area contributed by atoms with Crippen LogP contribution in [0.4, 0.5) is 46.8 Å². The fourth-order valence-electron chi connectivity index (χ4n) is 9.90. The van der Waals surface area contributed by atoms with Gasteiger partial charge in [-0.05, 0) is 87.4 Å². The molecular formula is C43H39ClF8N10O5S. The Hall–Kier alpha value is -5.88. The number of carbonyl (C=O) groups is 1. The van der Waals surface area contributed by atoms with Gasteiger partial charge in [0.1, 0.15) is 47.3 Å². The van der Waals surface area contributed by atoms with Crippen LogP contribution < -0.4 is 20.9 Å². The summed E-state index contributed by atoms with van der Waals surface area (Å²) in [5, 5.41) is 6.51. The number of primary amides is 1. The van der Waals surface area contributed by atoms with Crippen molar-refractivity contribution in [3.8, 4) is 5.69 Å². The summed E-state index contributed by atoms with van der Waals surface area (Å²) >= 11 is 6.70. The van der Waals surface area contributed by atoms with Crippen LogP contribution in [-0.2, 0) is 38.4 Å². The van der Waals surface area contributed by atoms with Crippen molar-refractivity contribution in [1.29, 1.82) is 0 Å². The van der Waals surface area contributed by atoms with E-state index in [0.29, 0.717) is 41.4 Å². The zero-order valence-corrected chi connectivity index (χ0v) is 37.3. The third-order valence-electron chi connectivity index (χ3n) is 12.8. The van der Waals surface area contributed by atoms with Gasteiger partial charge >= 0.3 is 0 Å². The number of nitrogens with zero attached hydrogens (tertiary/aromatic N) is 8. The number of hydrogen-bond donors (Lipinski definition) is 2. The summed E-state index contributed by atoms with van der Waals surface area (Å²) in [6, 6.07) is 5.15. The number of alkyl halides is 6.